The van der Waals surface area contributed by atoms with Crippen LogP contribution in [0, 0.1) is 0 Å². The molecule has 5 nitrogen and oxygen atoms in total. The Morgan fingerprint density at radius 3 is 3.00 bits per heavy atom. The van der Waals surface area contributed by atoms with Gasteiger partial charge in [-0.3, -0.25) is 4.79 Å². The van der Waals surface area contributed by atoms with Crippen molar-refractivity contribution in [3.05, 3.63) is 12.0 Å². The van der Waals surface area contributed by atoms with Crippen molar-refractivity contribution in [1.29, 1.82) is 0 Å². The van der Waals surface area contributed by atoms with E-state index in [1.54, 1.807) is 0 Å². The van der Waals surface area contributed by atoms with E-state index in [4.69, 9.17) is 5.73 Å². The highest BCUT2D eigenvalue weighted by Crippen LogP contribution is 2.19. The second-order valence-corrected chi connectivity index (χ2v) is 2.87. The Labute approximate surface area is 68.9 Å². The second kappa shape index (κ2) is 2.51. The molecule has 1 fully saturated rings. The van der Waals surface area contributed by atoms with Gasteiger partial charge in [-0.05, 0) is 12.8 Å². The lowest BCUT2D eigenvalue weighted by Crippen LogP contribution is -2.26. The van der Waals surface area contributed by atoms with Crippen molar-refractivity contribution < 1.29 is 9.32 Å². The van der Waals surface area contributed by atoms with Gasteiger partial charge in [-0.2, -0.15) is 0 Å². The molecular weight excluding hydrogens is 158 g/mol. The first-order valence-electron chi connectivity index (χ1n) is 3.78. The van der Waals surface area contributed by atoms with E-state index < -0.39 is 0 Å². The summed E-state index contributed by atoms with van der Waals surface area (Å²) in [6, 6.07) is 0.314. The number of amides is 1. The van der Waals surface area contributed by atoms with E-state index in [0.717, 1.165) is 12.8 Å². The Morgan fingerprint density at radius 2 is 2.50 bits per heavy atom. The van der Waals surface area contributed by atoms with Crippen LogP contribution in [0.25, 0.3) is 0 Å². The molecule has 0 radical (unpaired) electrons. The fraction of sp³-hybridized carbons (Fsp3) is 0.429. The molecule has 1 aromatic heterocycles. The molecule has 5 heteroatoms. The Bertz CT molecular complexity index is 303. The van der Waals surface area contributed by atoms with E-state index in [0.29, 0.717) is 6.04 Å². The van der Waals surface area contributed by atoms with Crippen molar-refractivity contribution >= 4 is 11.6 Å². The monoisotopic (exact) mass is 167 g/mol. The highest BCUT2D eigenvalue weighted by atomic mass is 16.5. The zero-order valence-corrected chi connectivity index (χ0v) is 6.41. The maximum absolute atomic E-state index is 11.3. The van der Waals surface area contributed by atoms with Gasteiger partial charge < -0.3 is 15.6 Å². The zero-order chi connectivity index (χ0) is 8.55. The molecule has 0 aromatic carbocycles. The highest BCUT2D eigenvalue weighted by Gasteiger charge is 2.25. The maximum atomic E-state index is 11.3. The third-order valence-electron chi connectivity index (χ3n) is 1.72. The molecule has 3 N–H and O–H groups in total. The number of hydrogen-bond acceptors (Lipinski definition) is 4. The molecule has 0 aliphatic heterocycles. The Hall–Kier alpha value is -1.52. The van der Waals surface area contributed by atoms with E-state index >= 15 is 0 Å². The lowest BCUT2D eigenvalue weighted by Gasteiger charge is -1.98. The fourth-order valence-electron chi connectivity index (χ4n) is 0.898. The van der Waals surface area contributed by atoms with E-state index in [2.05, 4.69) is 15.0 Å². The average Bonchev–Trinajstić information content (AvgIpc) is 2.72. The van der Waals surface area contributed by atoms with Crippen LogP contribution in [-0.2, 0) is 0 Å². The molecule has 64 valence electrons. The number of nitrogens with one attached hydrogen (secondary N) is 1. The lowest BCUT2D eigenvalue weighted by atomic mass is 10.3. The first kappa shape index (κ1) is 7.15. The minimum atomic E-state index is -0.247. The standard InChI is InChI=1S/C7H9N3O2/c8-5-3-12-10-6(5)7(11)9-4-1-2-4/h3-4H,1-2,8H2,(H,9,11). The topological polar surface area (TPSA) is 81.2 Å². The number of carbonyl (C=O) groups is 1. The average molecular weight is 167 g/mol. The number of carbonyl (C=O) groups excluding carboxylic acids is 1. The second-order valence-electron chi connectivity index (χ2n) is 2.87. The predicted octanol–water partition coefficient (Wildman–Crippen LogP) is 0.149. The van der Waals surface area contributed by atoms with E-state index in [-0.39, 0.29) is 17.3 Å². The summed E-state index contributed by atoms with van der Waals surface area (Å²) in [5.74, 6) is -0.247. The minimum absolute atomic E-state index is 0.182. The summed E-state index contributed by atoms with van der Waals surface area (Å²) >= 11 is 0. The van der Waals surface area contributed by atoms with E-state index in [1.165, 1.54) is 6.26 Å². The molecular formula is C7H9N3O2. The van der Waals surface area contributed by atoms with Gasteiger partial charge in [-0.25, -0.2) is 0 Å². The summed E-state index contributed by atoms with van der Waals surface area (Å²) in [6.45, 7) is 0. The van der Waals surface area contributed by atoms with Gasteiger partial charge in [0.1, 0.15) is 12.0 Å². The summed E-state index contributed by atoms with van der Waals surface area (Å²) in [5, 5.41) is 6.24. The van der Waals surface area contributed by atoms with Gasteiger partial charge in [0.2, 0.25) is 0 Å². The van der Waals surface area contributed by atoms with Crippen LogP contribution in [0.4, 0.5) is 5.69 Å². The van der Waals surface area contributed by atoms with Crippen LogP contribution in [0.5, 0.6) is 0 Å². The quantitative estimate of drug-likeness (QED) is 0.656. The van der Waals surface area contributed by atoms with Crippen molar-refractivity contribution in [1.82, 2.24) is 10.5 Å². The summed E-state index contributed by atoms with van der Waals surface area (Å²) in [4.78, 5) is 11.3. The molecule has 1 heterocycles. The molecule has 0 bridgehead atoms. The van der Waals surface area contributed by atoms with Gasteiger partial charge in [0, 0.05) is 6.04 Å². The molecule has 1 amide bonds. The summed E-state index contributed by atoms with van der Waals surface area (Å²) in [7, 11) is 0. The maximum Gasteiger partial charge on any atom is 0.275 e. The fourth-order valence-corrected chi connectivity index (χ4v) is 0.898. The minimum Gasteiger partial charge on any atom is -0.394 e. The van der Waals surface area contributed by atoms with Gasteiger partial charge in [0.25, 0.3) is 5.91 Å². The SMILES string of the molecule is Nc1conc1C(=O)NC1CC1. The lowest BCUT2D eigenvalue weighted by molar-refractivity contribution is 0.0943. The first-order valence-corrected chi connectivity index (χ1v) is 3.78. The van der Waals surface area contributed by atoms with Gasteiger partial charge in [0.05, 0.1) is 0 Å². The highest BCUT2D eigenvalue weighted by molar-refractivity contribution is 5.97. The first-order chi connectivity index (χ1) is 5.77. The molecule has 1 aromatic rings. The largest absolute Gasteiger partial charge is 0.394 e. The molecule has 1 saturated carbocycles. The molecule has 12 heavy (non-hydrogen) atoms. The third-order valence-corrected chi connectivity index (χ3v) is 1.72. The van der Waals surface area contributed by atoms with Crippen molar-refractivity contribution in [2.75, 3.05) is 5.73 Å². The molecule has 0 unspecified atom stereocenters. The number of hydrogen-bond donors (Lipinski definition) is 2. The number of aromatic nitrogens is 1. The molecule has 0 saturated heterocycles. The molecule has 1 aliphatic carbocycles. The van der Waals surface area contributed by atoms with E-state index in [9.17, 15) is 4.79 Å². The normalized spacial score (nSPS) is 16.0. The van der Waals surface area contributed by atoms with Crippen LogP contribution in [0.2, 0.25) is 0 Å². The predicted molar refractivity (Wildman–Crippen MR) is 41.4 cm³/mol. The van der Waals surface area contributed by atoms with Gasteiger partial charge >= 0.3 is 0 Å². The van der Waals surface area contributed by atoms with Gasteiger partial charge in [-0.1, -0.05) is 5.16 Å². The number of rotatable bonds is 2. The van der Waals surface area contributed by atoms with Crippen LogP contribution in [0.1, 0.15) is 23.3 Å². The van der Waals surface area contributed by atoms with Crippen LogP contribution in [0.3, 0.4) is 0 Å². The summed E-state index contributed by atoms with van der Waals surface area (Å²) < 4.78 is 4.53. The van der Waals surface area contributed by atoms with Crippen molar-refractivity contribution in [2.45, 2.75) is 18.9 Å². The number of anilines is 1. The summed E-state index contributed by atoms with van der Waals surface area (Å²) in [5.41, 5.74) is 5.89. The third kappa shape index (κ3) is 1.25. The van der Waals surface area contributed by atoms with E-state index in [1.807, 2.05) is 0 Å². The van der Waals surface area contributed by atoms with Gasteiger partial charge in [0.15, 0.2) is 5.69 Å². The number of nitrogen functional groups attached to an aromatic ring is 1. The van der Waals surface area contributed by atoms with Crippen molar-refractivity contribution in [2.24, 2.45) is 0 Å². The van der Waals surface area contributed by atoms with Crippen LogP contribution in [0.15, 0.2) is 10.8 Å². The van der Waals surface area contributed by atoms with Crippen LogP contribution in [-0.4, -0.2) is 17.1 Å². The zero-order valence-electron chi connectivity index (χ0n) is 6.41. The molecule has 0 spiro atoms. The molecule has 0 atom stereocenters. The Balaban J connectivity index is 2.07. The smallest absolute Gasteiger partial charge is 0.275 e. The molecule has 1 aliphatic rings. The van der Waals surface area contributed by atoms with Crippen LogP contribution >= 0.6 is 0 Å². The summed E-state index contributed by atoms with van der Waals surface area (Å²) in [6.07, 6.45) is 3.34. The van der Waals surface area contributed by atoms with Gasteiger partial charge in [-0.15, -0.1) is 0 Å². The van der Waals surface area contributed by atoms with Crippen LogP contribution < -0.4 is 11.1 Å². The number of nitrogens with zero attached hydrogens (tertiary/aromatic N) is 1. The van der Waals surface area contributed by atoms with Crippen molar-refractivity contribution in [3.8, 4) is 0 Å². The number of nitrogens with two attached hydrogens (primary N) is 1. The Kier molecular flexibility index (Phi) is 1.49. The molecule has 2 rings (SSSR count). The van der Waals surface area contributed by atoms with Crippen molar-refractivity contribution in [3.63, 3.8) is 0 Å². The Morgan fingerprint density at radius 1 is 1.75 bits per heavy atom.